The van der Waals surface area contributed by atoms with Crippen LogP contribution < -0.4 is 5.32 Å². The second-order valence-electron chi connectivity index (χ2n) is 2.53. The van der Waals surface area contributed by atoms with Gasteiger partial charge in [-0.15, -0.1) is 11.3 Å². The molecule has 0 saturated heterocycles. The highest BCUT2D eigenvalue weighted by Gasteiger charge is 2.01. The summed E-state index contributed by atoms with van der Waals surface area (Å²) in [5.41, 5.74) is 2.76. The second-order valence-corrected chi connectivity index (χ2v) is 3.61. The van der Waals surface area contributed by atoms with Gasteiger partial charge in [0.05, 0.1) is 17.7 Å². The predicted octanol–water partition coefficient (Wildman–Crippen LogP) is 2.20. The smallest absolute Gasteiger partial charge is 0.171 e. The van der Waals surface area contributed by atoms with Crippen LogP contribution in [0.15, 0.2) is 23.3 Å². The number of nitrogens with zero attached hydrogens (tertiary/aromatic N) is 3. The monoisotopic (exact) mass is 226 g/mol. The summed E-state index contributed by atoms with van der Waals surface area (Å²) in [6.45, 7) is 0.613. The van der Waals surface area contributed by atoms with Crippen LogP contribution in [-0.4, -0.2) is 15.0 Å². The van der Waals surface area contributed by atoms with Crippen molar-refractivity contribution in [3.63, 3.8) is 0 Å². The summed E-state index contributed by atoms with van der Waals surface area (Å²) in [5.74, 6) is 0.585. The van der Waals surface area contributed by atoms with Crippen molar-refractivity contribution >= 4 is 28.8 Å². The van der Waals surface area contributed by atoms with Crippen molar-refractivity contribution < 1.29 is 0 Å². The van der Waals surface area contributed by atoms with E-state index in [9.17, 15) is 0 Å². The molecular formula is C8H7ClN4S. The lowest BCUT2D eigenvalue weighted by atomic mass is 10.5. The van der Waals surface area contributed by atoms with Gasteiger partial charge in [-0.3, -0.25) is 0 Å². The van der Waals surface area contributed by atoms with Gasteiger partial charge in [-0.05, 0) is 0 Å². The van der Waals surface area contributed by atoms with Gasteiger partial charge < -0.3 is 5.32 Å². The van der Waals surface area contributed by atoms with Crippen LogP contribution in [0.2, 0.25) is 5.15 Å². The highest BCUT2D eigenvalue weighted by atomic mass is 35.5. The molecule has 6 heteroatoms. The summed E-state index contributed by atoms with van der Waals surface area (Å²) in [5, 5.41) is 5.40. The standard InChI is InChI=1S/C8H7ClN4S/c9-7-8(11-2-1-10-7)12-3-6-4-14-5-13-6/h1-2,4-5H,3H2,(H,11,12). The van der Waals surface area contributed by atoms with Gasteiger partial charge in [-0.25, -0.2) is 15.0 Å². The van der Waals surface area contributed by atoms with Gasteiger partial charge in [0.1, 0.15) is 0 Å². The Bertz CT molecular complexity index is 403. The van der Waals surface area contributed by atoms with E-state index in [2.05, 4.69) is 20.3 Å². The van der Waals surface area contributed by atoms with Crippen LogP contribution in [0.5, 0.6) is 0 Å². The van der Waals surface area contributed by atoms with Gasteiger partial charge in [-0.2, -0.15) is 0 Å². The minimum Gasteiger partial charge on any atom is -0.362 e. The highest BCUT2D eigenvalue weighted by Crippen LogP contribution is 2.15. The summed E-state index contributed by atoms with van der Waals surface area (Å²) in [7, 11) is 0. The van der Waals surface area contributed by atoms with Gasteiger partial charge in [0.25, 0.3) is 0 Å². The number of anilines is 1. The van der Waals surface area contributed by atoms with E-state index < -0.39 is 0 Å². The van der Waals surface area contributed by atoms with Crippen molar-refractivity contribution in [1.82, 2.24) is 15.0 Å². The Balaban J connectivity index is 2.02. The molecule has 2 rings (SSSR count). The van der Waals surface area contributed by atoms with Crippen molar-refractivity contribution in [2.45, 2.75) is 6.54 Å². The lowest BCUT2D eigenvalue weighted by Gasteiger charge is -2.03. The largest absolute Gasteiger partial charge is 0.362 e. The molecule has 0 aromatic carbocycles. The Hall–Kier alpha value is -1.20. The van der Waals surface area contributed by atoms with Crippen LogP contribution in [0.4, 0.5) is 5.82 Å². The maximum absolute atomic E-state index is 5.81. The van der Waals surface area contributed by atoms with E-state index >= 15 is 0 Å². The fraction of sp³-hybridized carbons (Fsp3) is 0.125. The second kappa shape index (κ2) is 4.34. The average molecular weight is 227 g/mol. The molecule has 0 spiro atoms. The SMILES string of the molecule is Clc1nccnc1NCc1cscn1. The van der Waals surface area contributed by atoms with E-state index in [1.54, 1.807) is 29.2 Å². The first kappa shape index (κ1) is 9.36. The Labute approximate surface area is 90.0 Å². The molecule has 0 radical (unpaired) electrons. The third-order valence-corrected chi connectivity index (χ3v) is 2.49. The fourth-order valence-corrected chi connectivity index (χ4v) is 1.67. The molecule has 0 atom stereocenters. The molecule has 2 aromatic heterocycles. The molecule has 0 unspecified atom stereocenters. The normalized spacial score (nSPS) is 10.1. The van der Waals surface area contributed by atoms with Crippen LogP contribution >= 0.6 is 22.9 Å². The number of nitrogens with one attached hydrogen (secondary N) is 1. The Kier molecular flexibility index (Phi) is 2.90. The van der Waals surface area contributed by atoms with Gasteiger partial charge in [0.15, 0.2) is 11.0 Å². The first-order valence-corrected chi connectivity index (χ1v) is 5.26. The number of thiazole rings is 1. The van der Waals surface area contributed by atoms with Gasteiger partial charge in [0.2, 0.25) is 0 Å². The molecule has 0 amide bonds. The van der Waals surface area contributed by atoms with Crippen LogP contribution in [-0.2, 0) is 6.54 Å². The van der Waals surface area contributed by atoms with E-state index in [1.165, 1.54) is 0 Å². The molecule has 0 fully saturated rings. The summed E-state index contributed by atoms with van der Waals surface area (Å²) >= 11 is 7.37. The maximum Gasteiger partial charge on any atom is 0.171 e. The number of hydrogen-bond acceptors (Lipinski definition) is 5. The quantitative estimate of drug-likeness (QED) is 0.872. The zero-order valence-corrected chi connectivity index (χ0v) is 8.72. The Morgan fingerprint density at radius 2 is 2.14 bits per heavy atom. The van der Waals surface area contributed by atoms with E-state index in [-0.39, 0.29) is 0 Å². The number of rotatable bonds is 3. The summed E-state index contributed by atoms with van der Waals surface area (Å²) < 4.78 is 0. The average Bonchev–Trinajstić information content (AvgIpc) is 2.69. The molecule has 1 N–H and O–H groups in total. The summed E-state index contributed by atoms with van der Waals surface area (Å²) in [6.07, 6.45) is 3.14. The van der Waals surface area contributed by atoms with Crippen LogP contribution in [0.1, 0.15) is 5.69 Å². The van der Waals surface area contributed by atoms with Crippen molar-refractivity contribution in [1.29, 1.82) is 0 Å². The van der Waals surface area contributed by atoms with Crippen molar-refractivity contribution in [3.8, 4) is 0 Å². The van der Waals surface area contributed by atoms with Gasteiger partial charge >= 0.3 is 0 Å². The zero-order valence-electron chi connectivity index (χ0n) is 7.14. The minimum atomic E-state index is 0.378. The Morgan fingerprint density at radius 3 is 2.86 bits per heavy atom. The van der Waals surface area contributed by atoms with E-state index in [0.29, 0.717) is 17.5 Å². The lowest BCUT2D eigenvalue weighted by Crippen LogP contribution is -2.02. The molecule has 0 aliphatic rings. The van der Waals surface area contributed by atoms with Crippen molar-refractivity contribution in [3.05, 3.63) is 34.1 Å². The zero-order chi connectivity index (χ0) is 9.80. The Morgan fingerprint density at radius 1 is 1.29 bits per heavy atom. The maximum atomic E-state index is 5.81. The third kappa shape index (κ3) is 2.18. The molecule has 4 nitrogen and oxygen atoms in total. The van der Waals surface area contributed by atoms with Gasteiger partial charge in [0, 0.05) is 17.8 Å². The predicted molar refractivity (Wildman–Crippen MR) is 56.5 cm³/mol. The first-order valence-electron chi connectivity index (χ1n) is 3.93. The third-order valence-electron chi connectivity index (χ3n) is 1.57. The van der Waals surface area contributed by atoms with Crippen molar-refractivity contribution in [2.75, 3.05) is 5.32 Å². The van der Waals surface area contributed by atoms with E-state index in [1.807, 2.05) is 5.38 Å². The van der Waals surface area contributed by atoms with Crippen LogP contribution in [0.3, 0.4) is 0 Å². The van der Waals surface area contributed by atoms with E-state index in [0.717, 1.165) is 5.69 Å². The summed E-state index contributed by atoms with van der Waals surface area (Å²) in [6, 6.07) is 0. The molecule has 2 heterocycles. The summed E-state index contributed by atoms with van der Waals surface area (Å²) in [4.78, 5) is 12.1. The van der Waals surface area contributed by atoms with E-state index in [4.69, 9.17) is 11.6 Å². The highest BCUT2D eigenvalue weighted by molar-refractivity contribution is 7.07. The molecule has 14 heavy (non-hydrogen) atoms. The first-order chi connectivity index (χ1) is 6.86. The minimum absolute atomic E-state index is 0.378. The fourth-order valence-electron chi connectivity index (χ4n) is 0.939. The topological polar surface area (TPSA) is 50.7 Å². The molecule has 0 aliphatic heterocycles. The van der Waals surface area contributed by atoms with Crippen molar-refractivity contribution in [2.24, 2.45) is 0 Å². The number of hydrogen-bond donors (Lipinski definition) is 1. The van der Waals surface area contributed by atoms with Crippen LogP contribution in [0, 0.1) is 0 Å². The molecule has 2 aromatic rings. The molecule has 0 bridgehead atoms. The number of aromatic nitrogens is 3. The molecular weight excluding hydrogens is 220 g/mol. The lowest BCUT2D eigenvalue weighted by molar-refractivity contribution is 1.04. The number of halogens is 1. The van der Waals surface area contributed by atoms with Gasteiger partial charge in [-0.1, -0.05) is 11.6 Å². The molecule has 72 valence electrons. The molecule has 0 aliphatic carbocycles. The molecule has 0 saturated carbocycles. The van der Waals surface area contributed by atoms with Crippen LogP contribution in [0.25, 0.3) is 0 Å².